The first kappa shape index (κ1) is 15.4. The molecule has 112 valence electrons. The van der Waals surface area contributed by atoms with Crippen molar-refractivity contribution >= 4 is 15.7 Å². The van der Waals surface area contributed by atoms with E-state index in [1.165, 1.54) is 31.2 Å². The summed E-state index contributed by atoms with van der Waals surface area (Å²) in [5.41, 5.74) is 0.399. The van der Waals surface area contributed by atoms with Crippen molar-refractivity contribution in [1.82, 2.24) is 0 Å². The molecular formula is C14H13F2NO3S. The molecule has 0 aliphatic heterocycles. The lowest BCUT2D eigenvalue weighted by atomic mass is 10.2. The summed E-state index contributed by atoms with van der Waals surface area (Å²) in [6, 6.07) is 7.19. The van der Waals surface area contributed by atoms with Crippen molar-refractivity contribution in [2.75, 3.05) is 4.72 Å². The fourth-order valence-corrected chi connectivity index (χ4v) is 3.02. The van der Waals surface area contributed by atoms with Crippen molar-refractivity contribution in [2.24, 2.45) is 0 Å². The number of aliphatic hydroxyl groups excluding tert-OH is 1. The van der Waals surface area contributed by atoms with Gasteiger partial charge in [0.25, 0.3) is 10.0 Å². The van der Waals surface area contributed by atoms with E-state index in [0.717, 1.165) is 12.1 Å². The molecule has 0 aliphatic rings. The molecule has 0 unspecified atom stereocenters. The minimum absolute atomic E-state index is 0.0313. The lowest BCUT2D eigenvalue weighted by Gasteiger charge is -2.12. The number of halogens is 2. The Kier molecular flexibility index (Phi) is 4.24. The first-order valence-corrected chi connectivity index (χ1v) is 7.50. The van der Waals surface area contributed by atoms with E-state index < -0.39 is 33.2 Å². The van der Waals surface area contributed by atoms with Gasteiger partial charge in [0.05, 0.1) is 12.3 Å². The number of benzene rings is 2. The van der Waals surface area contributed by atoms with E-state index in [9.17, 15) is 17.2 Å². The minimum atomic E-state index is -4.22. The maximum atomic E-state index is 13.7. The molecule has 0 spiro atoms. The SMILES string of the molecule is Cc1c(F)cccc1NS(=O)(=O)c1cc(CO)ccc1F. The van der Waals surface area contributed by atoms with Crippen molar-refractivity contribution < 1.29 is 22.3 Å². The fraction of sp³-hybridized carbons (Fsp3) is 0.143. The third kappa shape index (κ3) is 3.20. The summed E-state index contributed by atoms with van der Waals surface area (Å²) < 4.78 is 53.7. The Balaban J connectivity index is 2.46. The number of hydrogen-bond donors (Lipinski definition) is 2. The van der Waals surface area contributed by atoms with Crippen LogP contribution in [0.25, 0.3) is 0 Å². The highest BCUT2D eigenvalue weighted by Gasteiger charge is 2.21. The van der Waals surface area contributed by atoms with Crippen LogP contribution < -0.4 is 4.72 Å². The lowest BCUT2D eigenvalue weighted by molar-refractivity contribution is 0.281. The van der Waals surface area contributed by atoms with Gasteiger partial charge < -0.3 is 5.11 Å². The van der Waals surface area contributed by atoms with Crippen LogP contribution in [0.15, 0.2) is 41.3 Å². The molecule has 7 heteroatoms. The Morgan fingerprint density at radius 1 is 1.14 bits per heavy atom. The van der Waals surface area contributed by atoms with E-state index in [1.807, 2.05) is 0 Å². The molecule has 0 aromatic heterocycles. The zero-order valence-corrected chi connectivity index (χ0v) is 11.9. The van der Waals surface area contributed by atoms with Crippen LogP contribution in [0.4, 0.5) is 14.5 Å². The van der Waals surface area contributed by atoms with Crippen LogP contribution >= 0.6 is 0 Å². The molecule has 2 aromatic carbocycles. The highest BCUT2D eigenvalue weighted by molar-refractivity contribution is 7.92. The molecule has 0 amide bonds. The van der Waals surface area contributed by atoms with Crippen LogP contribution in [0.5, 0.6) is 0 Å². The average molecular weight is 313 g/mol. The molecule has 21 heavy (non-hydrogen) atoms. The van der Waals surface area contributed by atoms with Crippen molar-refractivity contribution in [2.45, 2.75) is 18.4 Å². The third-order valence-corrected chi connectivity index (χ3v) is 4.36. The zero-order chi connectivity index (χ0) is 15.6. The molecule has 0 saturated carbocycles. The standard InChI is InChI=1S/C14H13F2NO3S/c1-9-11(15)3-2-4-13(9)17-21(19,20)14-7-10(8-18)5-6-12(14)16/h2-7,17-18H,8H2,1H3. The molecule has 0 heterocycles. The predicted octanol–water partition coefficient (Wildman–Crippen LogP) is 2.57. The molecule has 0 saturated heterocycles. The number of anilines is 1. The molecule has 0 bridgehead atoms. The van der Waals surface area contributed by atoms with Gasteiger partial charge in [0.2, 0.25) is 0 Å². The predicted molar refractivity (Wildman–Crippen MR) is 74.3 cm³/mol. The fourth-order valence-electron chi connectivity index (χ4n) is 1.77. The third-order valence-electron chi connectivity index (χ3n) is 2.98. The number of sulfonamides is 1. The van der Waals surface area contributed by atoms with Gasteiger partial charge in [0, 0.05) is 5.56 Å². The van der Waals surface area contributed by atoms with Crippen molar-refractivity contribution in [1.29, 1.82) is 0 Å². The quantitative estimate of drug-likeness (QED) is 0.911. The van der Waals surface area contributed by atoms with Crippen molar-refractivity contribution in [3.05, 3.63) is 59.2 Å². The van der Waals surface area contributed by atoms with Crippen LogP contribution in [0.3, 0.4) is 0 Å². The first-order valence-electron chi connectivity index (χ1n) is 6.02. The Labute approximate surface area is 121 Å². The van der Waals surface area contributed by atoms with Gasteiger partial charge in [-0.2, -0.15) is 0 Å². The summed E-state index contributed by atoms with van der Waals surface area (Å²) in [7, 11) is -4.22. The summed E-state index contributed by atoms with van der Waals surface area (Å²) >= 11 is 0. The number of nitrogens with one attached hydrogen (secondary N) is 1. The molecule has 2 aromatic rings. The topological polar surface area (TPSA) is 66.4 Å². The van der Waals surface area contributed by atoms with E-state index in [0.29, 0.717) is 0 Å². The van der Waals surface area contributed by atoms with E-state index in [-0.39, 0.29) is 16.8 Å². The highest BCUT2D eigenvalue weighted by Crippen LogP contribution is 2.23. The molecule has 0 atom stereocenters. The summed E-state index contributed by atoms with van der Waals surface area (Å²) in [4.78, 5) is -0.599. The Bertz CT molecular complexity index is 776. The van der Waals surface area contributed by atoms with E-state index in [2.05, 4.69) is 4.72 Å². The molecule has 4 nitrogen and oxygen atoms in total. The van der Waals surface area contributed by atoms with Gasteiger partial charge in [-0.25, -0.2) is 17.2 Å². The van der Waals surface area contributed by atoms with E-state index in [1.54, 1.807) is 0 Å². The lowest BCUT2D eigenvalue weighted by Crippen LogP contribution is -2.16. The van der Waals surface area contributed by atoms with Gasteiger partial charge in [0.15, 0.2) is 0 Å². The average Bonchev–Trinajstić information content (AvgIpc) is 2.44. The summed E-state index contributed by atoms with van der Waals surface area (Å²) in [6.07, 6.45) is 0. The van der Waals surface area contributed by atoms with Gasteiger partial charge in [-0.1, -0.05) is 12.1 Å². The normalized spacial score (nSPS) is 11.4. The monoisotopic (exact) mass is 313 g/mol. The minimum Gasteiger partial charge on any atom is -0.392 e. The zero-order valence-electron chi connectivity index (χ0n) is 11.1. The molecule has 2 N–H and O–H groups in total. The van der Waals surface area contributed by atoms with Gasteiger partial charge in [0.1, 0.15) is 16.5 Å². The smallest absolute Gasteiger partial charge is 0.264 e. The second-order valence-corrected chi connectivity index (χ2v) is 6.09. The Morgan fingerprint density at radius 2 is 1.86 bits per heavy atom. The van der Waals surface area contributed by atoms with Gasteiger partial charge in [-0.3, -0.25) is 4.72 Å². The van der Waals surface area contributed by atoms with Crippen LogP contribution in [0.1, 0.15) is 11.1 Å². The largest absolute Gasteiger partial charge is 0.392 e. The first-order chi connectivity index (χ1) is 9.85. The number of aliphatic hydroxyl groups is 1. The van der Waals surface area contributed by atoms with Crippen LogP contribution in [-0.2, 0) is 16.6 Å². The molecular weight excluding hydrogens is 300 g/mol. The van der Waals surface area contributed by atoms with Gasteiger partial charge in [-0.05, 0) is 36.8 Å². The van der Waals surface area contributed by atoms with Gasteiger partial charge in [-0.15, -0.1) is 0 Å². The second kappa shape index (κ2) is 5.79. The Morgan fingerprint density at radius 3 is 2.52 bits per heavy atom. The molecule has 0 aliphatic carbocycles. The van der Waals surface area contributed by atoms with E-state index in [4.69, 9.17) is 5.11 Å². The maximum Gasteiger partial charge on any atom is 0.264 e. The summed E-state index contributed by atoms with van der Waals surface area (Å²) in [5, 5.41) is 9.00. The molecule has 0 fully saturated rings. The molecule has 0 radical (unpaired) electrons. The summed E-state index contributed by atoms with van der Waals surface area (Å²) in [5.74, 6) is -1.52. The van der Waals surface area contributed by atoms with Gasteiger partial charge >= 0.3 is 0 Å². The van der Waals surface area contributed by atoms with Crippen LogP contribution in [-0.4, -0.2) is 13.5 Å². The van der Waals surface area contributed by atoms with E-state index >= 15 is 0 Å². The summed E-state index contributed by atoms with van der Waals surface area (Å²) in [6.45, 7) is 0.996. The molecule has 2 rings (SSSR count). The second-order valence-electron chi connectivity index (χ2n) is 4.44. The Hall–Kier alpha value is -1.99. The number of rotatable bonds is 4. The number of hydrogen-bond acceptors (Lipinski definition) is 3. The van der Waals surface area contributed by atoms with Crippen molar-refractivity contribution in [3.8, 4) is 0 Å². The van der Waals surface area contributed by atoms with Crippen molar-refractivity contribution in [3.63, 3.8) is 0 Å². The highest BCUT2D eigenvalue weighted by atomic mass is 32.2. The maximum absolute atomic E-state index is 13.7. The van der Waals surface area contributed by atoms with Crippen LogP contribution in [0.2, 0.25) is 0 Å². The van der Waals surface area contributed by atoms with Crippen LogP contribution in [0, 0.1) is 18.6 Å².